The summed E-state index contributed by atoms with van der Waals surface area (Å²) in [6.45, 7) is 3.40. The van der Waals surface area contributed by atoms with Gasteiger partial charge in [-0.3, -0.25) is 9.69 Å². The van der Waals surface area contributed by atoms with Crippen molar-refractivity contribution in [2.45, 2.75) is 6.54 Å². The van der Waals surface area contributed by atoms with Crippen molar-refractivity contribution in [2.24, 2.45) is 0 Å². The monoisotopic (exact) mass is 368 g/mol. The molecule has 0 spiro atoms. The highest BCUT2D eigenvalue weighted by Crippen LogP contribution is 2.16. The standard InChI is InChI=1S/C18H20N6O3/c1-26-15-6-4-14(5-7-15)24-17(19-20-21-24)13-22-8-10-23(11-9-22)18(25)16-3-2-12-27-16/h2-7,12H,8-11,13H2,1H3. The molecular formula is C18H20N6O3. The van der Waals surface area contributed by atoms with Gasteiger partial charge in [0.2, 0.25) is 0 Å². The molecule has 9 heteroatoms. The fourth-order valence-electron chi connectivity index (χ4n) is 3.09. The predicted molar refractivity (Wildman–Crippen MR) is 95.6 cm³/mol. The van der Waals surface area contributed by atoms with Crippen LogP contribution in [-0.4, -0.2) is 69.2 Å². The van der Waals surface area contributed by atoms with Gasteiger partial charge in [-0.05, 0) is 46.8 Å². The van der Waals surface area contributed by atoms with Crippen molar-refractivity contribution in [1.29, 1.82) is 0 Å². The summed E-state index contributed by atoms with van der Waals surface area (Å²) < 4.78 is 12.1. The van der Waals surface area contributed by atoms with Gasteiger partial charge in [0.25, 0.3) is 5.91 Å². The molecule has 9 nitrogen and oxygen atoms in total. The van der Waals surface area contributed by atoms with Gasteiger partial charge in [0.15, 0.2) is 11.6 Å². The summed E-state index contributed by atoms with van der Waals surface area (Å²) in [7, 11) is 1.63. The Balaban J connectivity index is 1.38. The fraction of sp³-hybridized carbons (Fsp3) is 0.333. The molecule has 1 aliphatic rings. The Morgan fingerprint density at radius 3 is 2.59 bits per heavy atom. The van der Waals surface area contributed by atoms with Crippen molar-refractivity contribution < 1.29 is 13.9 Å². The number of tetrazole rings is 1. The zero-order chi connectivity index (χ0) is 18.6. The lowest BCUT2D eigenvalue weighted by atomic mass is 10.2. The molecule has 0 radical (unpaired) electrons. The first-order valence-corrected chi connectivity index (χ1v) is 8.71. The molecule has 2 aromatic heterocycles. The number of piperazine rings is 1. The number of aromatic nitrogens is 4. The van der Waals surface area contributed by atoms with Crippen LogP contribution in [0.3, 0.4) is 0 Å². The van der Waals surface area contributed by atoms with Crippen molar-refractivity contribution >= 4 is 5.91 Å². The maximum absolute atomic E-state index is 12.3. The quantitative estimate of drug-likeness (QED) is 0.669. The maximum Gasteiger partial charge on any atom is 0.289 e. The second kappa shape index (κ2) is 7.58. The van der Waals surface area contributed by atoms with E-state index < -0.39 is 0 Å². The summed E-state index contributed by atoms with van der Waals surface area (Å²) >= 11 is 0. The van der Waals surface area contributed by atoms with Crippen LogP contribution < -0.4 is 4.74 Å². The number of carbonyl (C=O) groups is 1. The Morgan fingerprint density at radius 1 is 1.15 bits per heavy atom. The molecule has 1 aliphatic heterocycles. The van der Waals surface area contributed by atoms with Gasteiger partial charge in [-0.25, -0.2) is 0 Å². The van der Waals surface area contributed by atoms with Crippen LogP contribution in [0.5, 0.6) is 5.75 Å². The fourth-order valence-corrected chi connectivity index (χ4v) is 3.09. The van der Waals surface area contributed by atoms with Crippen LogP contribution in [0.1, 0.15) is 16.4 Å². The van der Waals surface area contributed by atoms with E-state index in [0.717, 1.165) is 30.4 Å². The summed E-state index contributed by atoms with van der Waals surface area (Å²) in [6, 6.07) is 11.0. The van der Waals surface area contributed by atoms with Gasteiger partial charge in [-0.1, -0.05) is 0 Å². The molecule has 4 rings (SSSR count). The lowest BCUT2D eigenvalue weighted by molar-refractivity contribution is 0.0594. The third-order valence-corrected chi connectivity index (χ3v) is 4.61. The summed E-state index contributed by atoms with van der Waals surface area (Å²) in [5, 5.41) is 12.1. The van der Waals surface area contributed by atoms with E-state index in [-0.39, 0.29) is 5.91 Å². The van der Waals surface area contributed by atoms with Crippen LogP contribution >= 0.6 is 0 Å². The minimum Gasteiger partial charge on any atom is -0.497 e. The van der Waals surface area contributed by atoms with E-state index in [1.807, 2.05) is 29.2 Å². The Morgan fingerprint density at radius 2 is 1.93 bits per heavy atom. The molecule has 1 aromatic carbocycles. The largest absolute Gasteiger partial charge is 0.497 e. The number of nitrogens with zero attached hydrogens (tertiary/aromatic N) is 6. The first-order valence-electron chi connectivity index (χ1n) is 8.71. The number of carbonyl (C=O) groups excluding carboxylic acids is 1. The van der Waals surface area contributed by atoms with Crippen LogP contribution in [0.2, 0.25) is 0 Å². The molecule has 1 fully saturated rings. The lowest BCUT2D eigenvalue weighted by Crippen LogP contribution is -2.48. The summed E-state index contributed by atoms with van der Waals surface area (Å²) in [4.78, 5) is 16.4. The van der Waals surface area contributed by atoms with Gasteiger partial charge >= 0.3 is 0 Å². The average Bonchev–Trinajstić information content (AvgIpc) is 3.40. The first kappa shape index (κ1) is 17.2. The minimum atomic E-state index is -0.0669. The second-order valence-corrected chi connectivity index (χ2v) is 6.25. The number of hydrogen-bond acceptors (Lipinski definition) is 7. The van der Waals surface area contributed by atoms with Gasteiger partial charge in [0, 0.05) is 26.2 Å². The summed E-state index contributed by atoms with van der Waals surface area (Å²) in [5.41, 5.74) is 0.877. The number of rotatable bonds is 5. The third kappa shape index (κ3) is 3.68. The number of furan rings is 1. The van der Waals surface area contributed by atoms with Gasteiger partial charge in [-0.2, -0.15) is 4.68 Å². The number of benzene rings is 1. The molecule has 0 saturated carbocycles. The number of amides is 1. The van der Waals surface area contributed by atoms with Crippen LogP contribution in [-0.2, 0) is 6.54 Å². The maximum atomic E-state index is 12.3. The first-order chi connectivity index (χ1) is 13.2. The van der Waals surface area contributed by atoms with Gasteiger partial charge < -0.3 is 14.1 Å². The minimum absolute atomic E-state index is 0.0669. The Bertz CT molecular complexity index is 882. The van der Waals surface area contributed by atoms with E-state index in [4.69, 9.17) is 9.15 Å². The van der Waals surface area contributed by atoms with Crippen LogP contribution in [0.25, 0.3) is 5.69 Å². The van der Waals surface area contributed by atoms with E-state index >= 15 is 0 Å². The van der Waals surface area contributed by atoms with E-state index in [1.54, 1.807) is 23.9 Å². The highest BCUT2D eigenvalue weighted by molar-refractivity contribution is 5.91. The number of hydrogen-bond donors (Lipinski definition) is 0. The number of methoxy groups -OCH3 is 1. The van der Waals surface area contributed by atoms with Gasteiger partial charge in [-0.15, -0.1) is 5.10 Å². The summed E-state index contributed by atoms with van der Waals surface area (Å²) in [6.07, 6.45) is 1.52. The molecular weight excluding hydrogens is 348 g/mol. The van der Waals surface area contributed by atoms with Gasteiger partial charge in [0.05, 0.1) is 25.6 Å². The molecule has 27 heavy (non-hydrogen) atoms. The zero-order valence-electron chi connectivity index (χ0n) is 15.0. The highest BCUT2D eigenvalue weighted by Gasteiger charge is 2.24. The SMILES string of the molecule is COc1ccc(-n2nnnc2CN2CCN(C(=O)c3ccco3)CC2)cc1. The smallest absolute Gasteiger partial charge is 0.289 e. The number of ether oxygens (including phenoxy) is 1. The molecule has 0 atom stereocenters. The van der Waals surface area contributed by atoms with E-state index in [1.165, 1.54) is 6.26 Å². The normalized spacial score (nSPS) is 15.1. The molecule has 3 aromatic rings. The van der Waals surface area contributed by atoms with Crippen molar-refractivity contribution in [3.05, 3.63) is 54.2 Å². The molecule has 1 amide bonds. The van der Waals surface area contributed by atoms with E-state index in [9.17, 15) is 4.79 Å². The van der Waals surface area contributed by atoms with Crippen LogP contribution in [0, 0.1) is 0 Å². The lowest BCUT2D eigenvalue weighted by Gasteiger charge is -2.33. The highest BCUT2D eigenvalue weighted by atomic mass is 16.5. The third-order valence-electron chi connectivity index (χ3n) is 4.61. The predicted octanol–water partition coefficient (Wildman–Crippen LogP) is 1.22. The van der Waals surface area contributed by atoms with Crippen molar-refractivity contribution in [3.63, 3.8) is 0 Å². The Labute approximate surface area is 156 Å². The Hall–Kier alpha value is -3.20. The van der Waals surface area contributed by atoms with Crippen LogP contribution in [0.4, 0.5) is 0 Å². The second-order valence-electron chi connectivity index (χ2n) is 6.25. The average molecular weight is 368 g/mol. The van der Waals surface area contributed by atoms with Gasteiger partial charge in [0.1, 0.15) is 5.75 Å². The van der Waals surface area contributed by atoms with Crippen LogP contribution in [0.15, 0.2) is 47.1 Å². The van der Waals surface area contributed by atoms with Crippen molar-refractivity contribution in [1.82, 2.24) is 30.0 Å². The topological polar surface area (TPSA) is 89.5 Å². The Kier molecular flexibility index (Phi) is 4.84. The zero-order valence-corrected chi connectivity index (χ0v) is 15.0. The van der Waals surface area contributed by atoms with Crippen molar-refractivity contribution in [2.75, 3.05) is 33.3 Å². The summed E-state index contributed by atoms with van der Waals surface area (Å²) in [5.74, 6) is 1.85. The van der Waals surface area contributed by atoms with Crippen molar-refractivity contribution in [3.8, 4) is 11.4 Å². The molecule has 3 heterocycles. The molecule has 0 N–H and O–H groups in total. The molecule has 1 saturated heterocycles. The molecule has 0 unspecified atom stereocenters. The molecule has 140 valence electrons. The van der Waals surface area contributed by atoms with E-state index in [2.05, 4.69) is 20.4 Å². The molecule has 0 aliphatic carbocycles. The van der Waals surface area contributed by atoms with E-state index in [0.29, 0.717) is 25.4 Å². The molecule has 0 bridgehead atoms.